The molecule has 2 rings (SSSR count). The van der Waals surface area contributed by atoms with Crippen LogP contribution in [0.5, 0.6) is 0 Å². The average molecular weight is 386 g/mol. The molecule has 0 spiro atoms. The lowest BCUT2D eigenvalue weighted by Gasteiger charge is -2.20. The number of aromatic nitrogens is 1. The van der Waals surface area contributed by atoms with Gasteiger partial charge in [-0.25, -0.2) is 4.98 Å². The van der Waals surface area contributed by atoms with Gasteiger partial charge in [0.1, 0.15) is 11.6 Å². The Hall–Kier alpha value is -3.24. The zero-order chi connectivity index (χ0) is 19.6. The van der Waals surface area contributed by atoms with Crippen LogP contribution in [-0.2, 0) is 9.53 Å². The number of ether oxygens (including phenoxy) is 1. The molecule has 1 aromatic rings. The van der Waals surface area contributed by atoms with Crippen molar-refractivity contribution in [2.24, 2.45) is 0 Å². The summed E-state index contributed by atoms with van der Waals surface area (Å²) in [5.74, 6) is 2.86. The molecule has 140 valence electrons. The number of pyridine rings is 1. The Balaban J connectivity index is 2.13. The second-order valence-corrected chi connectivity index (χ2v) is 5.72. The maximum absolute atomic E-state index is 11.0. The number of allylic oxidation sites excluding steroid dienone is 3. The molecule has 0 fully saturated rings. The third-order valence-electron chi connectivity index (χ3n) is 3.51. The van der Waals surface area contributed by atoms with E-state index in [0.717, 1.165) is 17.4 Å². The van der Waals surface area contributed by atoms with Crippen LogP contribution >= 0.6 is 11.6 Å². The van der Waals surface area contributed by atoms with Gasteiger partial charge in [0.15, 0.2) is 0 Å². The Morgan fingerprint density at radius 1 is 1.48 bits per heavy atom. The molecule has 1 aliphatic heterocycles. The molecular formula is C19H20ClN5O2. The SMILES string of the molecule is C#CC(=O)NCCNc1ccc(C2=CC(OCC)=CN/C2=C(/Cl)C=N)cn1. The van der Waals surface area contributed by atoms with Gasteiger partial charge >= 0.3 is 0 Å². The lowest BCUT2D eigenvalue weighted by Crippen LogP contribution is -2.27. The zero-order valence-electron chi connectivity index (χ0n) is 14.8. The Kier molecular flexibility index (Phi) is 7.47. The van der Waals surface area contributed by atoms with Crippen LogP contribution in [0.4, 0.5) is 5.82 Å². The monoisotopic (exact) mass is 385 g/mol. The predicted molar refractivity (Wildman–Crippen MR) is 107 cm³/mol. The standard InChI is InChI=1S/C19H20ClN5O2/c1-3-18(26)23-8-7-22-17-6-5-13(11-24-17)15-9-14(27-4-2)12-25-19(15)16(20)10-21/h1,5-6,9-12,21,25H,4,7-8H2,2H3,(H,22,24)(H,23,26)/b19-16+,21-10?. The van der Waals surface area contributed by atoms with Gasteiger partial charge in [-0.05, 0) is 31.1 Å². The summed E-state index contributed by atoms with van der Waals surface area (Å²) in [4.78, 5) is 15.3. The number of carbonyl (C=O) groups is 1. The highest BCUT2D eigenvalue weighted by atomic mass is 35.5. The molecule has 7 nitrogen and oxygen atoms in total. The van der Waals surface area contributed by atoms with Crippen molar-refractivity contribution in [2.75, 3.05) is 25.0 Å². The minimum Gasteiger partial charge on any atom is -0.492 e. The van der Waals surface area contributed by atoms with Gasteiger partial charge in [-0.2, -0.15) is 0 Å². The Morgan fingerprint density at radius 3 is 2.93 bits per heavy atom. The number of rotatable bonds is 8. The van der Waals surface area contributed by atoms with Gasteiger partial charge in [-0.3, -0.25) is 4.79 Å². The minimum atomic E-state index is -0.447. The Morgan fingerprint density at radius 2 is 2.30 bits per heavy atom. The quantitative estimate of drug-likeness (QED) is 0.312. The van der Waals surface area contributed by atoms with E-state index < -0.39 is 5.91 Å². The van der Waals surface area contributed by atoms with Crippen LogP contribution in [0.2, 0.25) is 0 Å². The first-order valence-electron chi connectivity index (χ1n) is 8.25. The number of nitrogens with one attached hydrogen (secondary N) is 4. The fourth-order valence-electron chi connectivity index (χ4n) is 2.30. The molecular weight excluding hydrogens is 366 g/mol. The van der Waals surface area contributed by atoms with E-state index in [2.05, 4.69) is 20.9 Å². The number of halogens is 1. The minimum absolute atomic E-state index is 0.277. The number of amides is 1. The fraction of sp³-hybridized carbons (Fsp3) is 0.211. The molecule has 8 heteroatoms. The van der Waals surface area contributed by atoms with Gasteiger partial charge in [0, 0.05) is 42.8 Å². The van der Waals surface area contributed by atoms with Crippen molar-refractivity contribution in [3.63, 3.8) is 0 Å². The molecule has 0 aliphatic carbocycles. The summed E-state index contributed by atoms with van der Waals surface area (Å²) < 4.78 is 5.53. The maximum Gasteiger partial charge on any atom is 0.295 e. The number of terminal acetylenes is 1. The summed E-state index contributed by atoms with van der Waals surface area (Å²) in [6.45, 7) is 3.32. The van der Waals surface area contributed by atoms with Crippen molar-refractivity contribution >= 4 is 35.1 Å². The lowest BCUT2D eigenvalue weighted by atomic mass is 10.0. The van der Waals surface area contributed by atoms with Crippen LogP contribution in [0.3, 0.4) is 0 Å². The Labute approximate surface area is 163 Å². The second-order valence-electron chi connectivity index (χ2n) is 5.31. The van der Waals surface area contributed by atoms with Gasteiger partial charge in [0.25, 0.3) is 5.91 Å². The number of carbonyl (C=O) groups excluding carboxylic acids is 1. The molecule has 1 aromatic heterocycles. The third kappa shape index (κ3) is 5.62. The number of nitrogens with zero attached hydrogens (tertiary/aromatic N) is 1. The van der Waals surface area contributed by atoms with Crippen LogP contribution in [0.1, 0.15) is 12.5 Å². The fourth-order valence-corrected chi connectivity index (χ4v) is 2.46. The van der Waals surface area contributed by atoms with E-state index >= 15 is 0 Å². The molecule has 0 atom stereocenters. The van der Waals surface area contributed by atoms with Crippen molar-refractivity contribution in [1.82, 2.24) is 15.6 Å². The summed E-state index contributed by atoms with van der Waals surface area (Å²) in [7, 11) is 0. The molecule has 0 radical (unpaired) electrons. The number of hydrogen-bond donors (Lipinski definition) is 4. The van der Waals surface area contributed by atoms with E-state index in [4.69, 9.17) is 28.2 Å². The zero-order valence-corrected chi connectivity index (χ0v) is 15.6. The molecule has 1 aliphatic rings. The van der Waals surface area contributed by atoms with Crippen LogP contribution < -0.4 is 16.0 Å². The summed E-state index contributed by atoms with van der Waals surface area (Å²) in [6.07, 6.45) is 11.3. The lowest BCUT2D eigenvalue weighted by molar-refractivity contribution is -0.115. The van der Waals surface area contributed by atoms with Crippen LogP contribution in [0, 0.1) is 17.8 Å². The third-order valence-corrected chi connectivity index (χ3v) is 3.81. The van der Waals surface area contributed by atoms with E-state index in [1.165, 1.54) is 0 Å². The number of dihydropyridines is 1. The van der Waals surface area contributed by atoms with E-state index in [0.29, 0.717) is 37.0 Å². The molecule has 1 amide bonds. The summed E-state index contributed by atoms with van der Waals surface area (Å²) in [6, 6.07) is 3.69. The molecule has 0 saturated heterocycles. The second kappa shape index (κ2) is 10.0. The van der Waals surface area contributed by atoms with Crippen LogP contribution in [0.15, 0.2) is 47.1 Å². The van der Waals surface area contributed by atoms with Crippen LogP contribution in [-0.4, -0.2) is 36.8 Å². The van der Waals surface area contributed by atoms with Gasteiger partial charge in [-0.1, -0.05) is 11.6 Å². The van der Waals surface area contributed by atoms with Crippen molar-refractivity contribution < 1.29 is 9.53 Å². The van der Waals surface area contributed by atoms with Crippen molar-refractivity contribution in [2.45, 2.75) is 6.92 Å². The molecule has 4 N–H and O–H groups in total. The molecule has 2 heterocycles. The highest BCUT2D eigenvalue weighted by molar-refractivity contribution is 6.40. The van der Waals surface area contributed by atoms with E-state index in [9.17, 15) is 4.79 Å². The highest BCUT2D eigenvalue weighted by Crippen LogP contribution is 2.29. The molecule has 0 saturated carbocycles. The molecule has 0 bridgehead atoms. The predicted octanol–water partition coefficient (Wildman–Crippen LogP) is 2.21. The van der Waals surface area contributed by atoms with Gasteiger partial charge < -0.3 is 26.1 Å². The van der Waals surface area contributed by atoms with Gasteiger partial charge in [-0.15, -0.1) is 6.42 Å². The van der Waals surface area contributed by atoms with Crippen molar-refractivity contribution in [3.8, 4) is 12.3 Å². The van der Waals surface area contributed by atoms with Gasteiger partial charge in [0.2, 0.25) is 0 Å². The summed E-state index contributed by atoms with van der Waals surface area (Å²) in [5.41, 5.74) is 2.19. The average Bonchev–Trinajstić information content (AvgIpc) is 2.71. The van der Waals surface area contributed by atoms with Crippen molar-refractivity contribution in [3.05, 3.63) is 52.7 Å². The molecule has 27 heavy (non-hydrogen) atoms. The summed E-state index contributed by atoms with van der Waals surface area (Å²) >= 11 is 6.15. The molecule has 0 aromatic carbocycles. The van der Waals surface area contributed by atoms with E-state index in [1.54, 1.807) is 12.4 Å². The highest BCUT2D eigenvalue weighted by Gasteiger charge is 2.17. The smallest absolute Gasteiger partial charge is 0.295 e. The van der Waals surface area contributed by atoms with E-state index in [1.807, 2.05) is 31.1 Å². The maximum atomic E-state index is 11.0. The summed E-state index contributed by atoms with van der Waals surface area (Å²) in [5, 5.41) is 16.4. The first kappa shape index (κ1) is 20.1. The topological polar surface area (TPSA) is 99.1 Å². The molecule has 0 unspecified atom stereocenters. The van der Waals surface area contributed by atoms with Gasteiger partial charge in [0.05, 0.1) is 17.3 Å². The largest absolute Gasteiger partial charge is 0.492 e. The van der Waals surface area contributed by atoms with Crippen molar-refractivity contribution in [1.29, 1.82) is 5.41 Å². The first-order chi connectivity index (χ1) is 13.1. The number of anilines is 1. The number of hydrogen-bond acceptors (Lipinski definition) is 6. The normalized spacial score (nSPS) is 14.7. The van der Waals surface area contributed by atoms with E-state index in [-0.39, 0.29) is 5.03 Å². The van der Waals surface area contributed by atoms with Crippen LogP contribution in [0.25, 0.3) is 5.57 Å². The Bertz CT molecular complexity index is 835. The first-order valence-corrected chi connectivity index (χ1v) is 8.63.